The Kier molecular flexibility index (Phi) is 7.50. The molecular weight excluding hydrogens is 376 g/mol. The first kappa shape index (κ1) is 21.9. The molecule has 1 aliphatic rings. The first-order valence-corrected chi connectivity index (χ1v) is 10.9. The lowest BCUT2D eigenvalue weighted by atomic mass is 9.74. The molecular formula is C25H32N2O3. The summed E-state index contributed by atoms with van der Waals surface area (Å²) in [5, 5.41) is 3.04. The molecule has 5 nitrogen and oxygen atoms in total. The molecule has 5 heteroatoms. The van der Waals surface area contributed by atoms with Crippen LogP contribution in [0.1, 0.15) is 44.2 Å². The second kappa shape index (κ2) is 10.3. The van der Waals surface area contributed by atoms with Gasteiger partial charge in [-0.2, -0.15) is 0 Å². The molecule has 0 aromatic heterocycles. The quantitative estimate of drug-likeness (QED) is 0.652. The first-order chi connectivity index (χ1) is 14.6. The maximum atomic E-state index is 12.9. The van der Waals surface area contributed by atoms with Crippen molar-refractivity contribution in [3.8, 4) is 0 Å². The Morgan fingerprint density at radius 3 is 2.33 bits per heavy atom. The van der Waals surface area contributed by atoms with Crippen molar-refractivity contribution in [1.82, 2.24) is 4.90 Å². The number of nitrogens with zero attached hydrogens (tertiary/aromatic N) is 1. The highest BCUT2D eigenvalue weighted by Crippen LogP contribution is 2.38. The van der Waals surface area contributed by atoms with Crippen LogP contribution < -0.4 is 5.32 Å². The molecule has 2 aromatic rings. The van der Waals surface area contributed by atoms with Gasteiger partial charge in [0.1, 0.15) is 0 Å². The van der Waals surface area contributed by atoms with Gasteiger partial charge in [-0.05, 0) is 56.2 Å². The van der Waals surface area contributed by atoms with Crippen molar-refractivity contribution in [1.29, 1.82) is 0 Å². The van der Waals surface area contributed by atoms with Crippen LogP contribution in [0.25, 0.3) is 0 Å². The fourth-order valence-corrected chi connectivity index (χ4v) is 4.15. The summed E-state index contributed by atoms with van der Waals surface area (Å²) in [5.74, 6) is -0.127. The van der Waals surface area contributed by atoms with Gasteiger partial charge in [0, 0.05) is 18.8 Å². The molecule has 3 rings (SSSR count). The maximum Gasteiger partial charge on any atom is 0.321 e. The second-order valence-corrected chi connectivity index (χ2v) is 7.91. The third-order valence-electron chi connectivity index (χ3n) is 6.09. The molecule has 1 fully saturated rings. The third kappa shape index (κ3) is 5.21. The van der Waals surface area contributed by atoms with Gasteiger partial charge in [0.25, 0.3) is 0 Å². The van der Waals surface area contributed by atoms with Crippen LogP contribution in [0.2, 0.25) is 0 Å². The molecule has 160 valence electrons. The van der Waals surface area contributed by atoms with E-state index in [9.17, 15) is 9.59 Å². The van der Waals surface area contributed by atoms with Gasteiger partial charge in [0.05, 0.1) is 12.0 Å². The summed E-state index contributed by atoms with van der Waals surface area (Å²) in [7, 11) is 0. The molecule has 1 N–H and O–H groups in total. The zero-order valence-electron chi connectivity index (χ0n) is 18.0. The molecule has 0 radical (unpaired) electrons. The number of hydrogen-bond acceptors (Lipinski definition) is 3. The number of piperidine rings is 1. The average Bonchev–Trinajstić information content (AvgIpc) is 2.79. The lowest BCUT2D eigenvalue weighted by Gasteiger charge is -2.40. The molecule has 2 amide bonds. The average molecular weight is 409 g/mol. The predicted octanol–water partition coefficient (Wildman–Crippen LogP) is 5.06. The summed E-state index contributed by atoms with van der Waals surface area (Å²) in [5.41, 5.74) is 2.67. The van der Waals surface area contributed by atoms with Crippen LogP contribution in [0.4, 0.5) is 10.5 Å². The molecule has 0 saturated carbocycles. The fraction of sp³-hybridized carbons (Fsp3) is 0.440. The number of benzene rings is 2. The zero-order chi connectivity index (χ0) is 21.4. The van der Waals surface area contributed by atoms with E-state index in [0.717, 1.165) is 30.5 Å². The lowest BCUT2D eigenvalue weighted by Crippen LogP contribution is -2.48. The van der Waals surface area contributed by atoms with Crippen LogP contribution >= 0.6 is 0 Å². The minimum absolute atomic E-state index is 0.101. The van der Waals surface area contributed by atoms with Crippen LogP contribution in [-0.2, 0) is 22.4 Å². The largest absolute Gasteiger partial charge is 0.466 e. The highest BCUT2D eigenvalue weighted by Gasteiger charge is 2.43. The smallest absolute Gasteiger partial charge is 0.321 e. The van der Waals surface area contributed by atoms with Gasteiger partial charge >= 0.3 is 12.0 Å². The standard InChI is InChI=1S/C25H32N2O3/c1-3-21-12-8-9-13-22(21)26-24(29)27-18-16-25(17-19-27,23(28)30-4-2)15-14-20-10-6-5-7-11-20/h5-13H,3-4,14-19H2,1-2H3,(H,26,29). The molecule has 1 saturated heterocycles. The molecule has 0 unspecified atom stereocenters. The van der Waals surface area contributed by atoms with Crippen molar-refractivity contribution in [2.75, 3.05) is 25.0 Å². The molecule has 2 aromatic carbocycles. The van der Waals surface area contributed by atoms with Crippen LogP contribution in [0.5, 0.6) is 0 Å². The van der Waals surface area contributed by atoms with E-state index in [1.165, 1.54) is 5.56 Å². The van der Waals surface area contributed by atoms with Gasteiger partial charge in [0.2, 0.25) is 0 Å². The summed E-state index contributed by atoms with van der Waals surface area (Å²) in [6.07, 6.45) is 3.69. The van der Waals surface area contributed by atoms with Gasteiger partial charge in [-0.25, -0.2) is 4.79 Å². The number of nitrogens with one attached hydrogen (secondary N) is 1. The molecule has 0 bridgehead atoms. The molecule has 0 spiro atoms. The van der Waals surface area contributed by atoms with Crippen LogP contribution in [-0.4, -0.2) is 36.6 Å². The van der Waals surface area contributed by atoms with Gasteiger partial charge in [-0.15, -0.1) is 0 Å². The first-order valence-electron chi connectivity index (χ1n) is 10.9. The highest BCUT2D eigenvalue weighted by atomic mass is 16.5. The molecule has 1 aliphatic heterocycles. The van der Waals surface area contributed by atoms with Gasteiger partial charge in [-0.3, -0.25) is 4.79 Å². The van der Waals surface area contributed by atoms with Crippen molar-refractivity contribution in [3.05, 3.63) is 65.7 Å². The number of amides is 2. The van der Waals surface area contributed by atoms with E-state index in [-0.39, 0.29) is 12.0 Å². The van der Waals surface area contributed by atoms with E-state index in [1.54, 1.807) is 0 Å². The predicted molar refractivity (Wildman–Crippen MR) is 119 cm³/mol. The number of hydrogen-bond donors (Lipinski definition) is 1. The molecule has 0 atom stereocenters. The van der Waals surface area contributed by atoms with E-state index in [4.69, 9.17) is 4.74 Å². The van der Waals surface area contributed by atoms with E-state index in [0.29, 0.717) is 32.5 Å². The number of carbonyl (C=O) groups excluding carboxylic acids is 2. The van der Waals surface area contributed by atoms with E-state index < -0.39 is 5.41 Å². The number of para-hydroxylation sites is 1. The summed E-state index contributed by atoms with van der Waals surface area (Å²) >= 11 is 0. The molecule has 0 aliphatic carbocycles. The Morgan fingerprint density at radius 2 is 1.67 bits per heavy atom. The molecule has 30 heavy (non-hydrogen) atoms. The van der Waals surface area contributed by atoms with Gasteiger partial charge in [0.15, 0.2) is 0 Å². The lowest BCUT2D eigenvalue weighted by molar-refractivity contribution is -0.158. The van der Waals surface area contributed by atoms with Gasteiger partial charge in [-0.1, -0.05) is 55.5 Å². The van der Waals surface area contributed by atoms with Crippen molar-refractivity contribution in [2.45, 2.75) is 46.0 Å². The van der Waals surface area contributed by atoms with Crippen molar-refractivity contribution in [2.24, 2.45) is 5.41 Å². The number of aryl methyl sites for hydroxylation is 2. The topological polar surface area (TPSA) is 58.6 Å². The second-order valence-electron chi connectivity index (χ2n) is 7.91. The third-order valence-corrected chi connectivity index (χ3v) is 6.09. The van der Waals surface area contributed by atoms with Crippen LogP contribution in [0.15, 0.2) is 54.6 Å². The maximum absolute atomic E-state index is 12.9. The van der Waals surface area contributed by atoms with Gasteiger partial charge < -0.3 is 15.0 Å². The van der Waals surface area contributed by atoms with Crippen LogP contribution in [0.3, 0.4) is 0 Å². The van der Waals surface area contributed by atoms with E-state index in [2.05, 4.69) is 24.4 Å². The summed E-state index contributed by atoms with van der Waals surface area (Å²) < 4.78 is 5.44. The minimum Gasteiger partial charge on any atom is -0.466 e. The van der Waals surface area contributed by atoms with Crippen molar-refractivity contribution in [3.63, 3.8) is 0 Å². The Labute approximate surface area is 179 Å². The number of likely N-dealkylation sites (tertiary alicyclic amines) is 1. The van der Waals surface area contributed by atoms with Crippen LogP contribution in [0, 0.1) is 5.41 Å². The van der Waals surface area contributed by atoms with Crippen molar-refractivity contribution < 1.29 is 14.3 Å². The summed E-state index contributed by atoms with van der Waals surface area (Å²) in [6, 6.07) is 18.0. The highest BCUT2D eigenvalue weighted by molar-refractivity contribution is 5.90. The minimum atomic E-state index is -0.524. The number of esters is 1. The Balaban J connectivity index is 1.65. The van der Waals surface area contributed by atoms with E-state index >= 15 is 0 Å². The number of urea groups is 1. The normalized spacial score (nSPS) is 15.5. The number of carbonyl (C=O) groups is 2. The fourth-order valence-electron chi connectivity index (χ4n) is 4.15. The molecule has 1 heterocycles. The zero-order valence-corrected chi connectivity index (χ0v) is 18.0. The number of anilines is 1. The Morgan fingerprint density at radius 1 is 1.00 bits per heavy atom. The number of ether oxygens (including phenoxy) is 1. The number of rotatable bonds is 7. The van der Waals surface area contributed by atoms with Crippen molar-refractivity contribution >= 4 is 17.7 Å². The summed E-state index contributed by atoms with van der Waals surface area (Å²) in [4.78, 5) is 27.5. The van der Waals surface area contributed by atoms with E-state index in [1.807, 2.05) is 54.3 Å². The SMILES string of the molecule is CCOC(=O)C1(CCc2ccccc2)CCN(C(=O)Nc2ccccc2CC)CC1. The Hall–Kier alpha value is -2.82. The monoisotopic (exact) mass is 408 g/mol. The Bertz CT molecular complexity index is 842. The summed E-state index contributed by atoms with van der Waals surface area (Å²) in [6.45, 7) is 5.40.